The highest BCUT2D eigenvalue weighted by atomic mass is 16.5. The molecule has 0 aromatic carbocycles. The summed E-state index contributed by atoms with van der Waals surface area (Å²) in [7, 11) is 3.50. The van der Waals surface area contributed by atoms with Gasteiger partial charge in [0.05, 0.1) is 25.5 Å². The van der Waals surface area contributed by atoms with Crippen LogP contribution in [0.5, 0.6) is 5.88 Å². The minimum Gasteiger partial charge on any atom is -0.481 e. The van der Waals surface area contributed by atoms with E-state index in [1.807, 2.05) is 42.5 Å². The third-order valence-electron chi connectivity index (χ3n) is 5.75. The second-order valence-corrected chi connectivity index (χ2v) is 8.07. The minimum absolute atomic E-state index is 0.337. The van der Waals surface area contributed by atoms with Crippen LogP contribution in [0.2, 0.25) is 0 Å². The molecule has 2 N–H and O–H groups in total. The van der Waals surface area contributed by atoms with E-state index in [1.54, 1.807) is 25.6 Å². The zero-order valence-corrected chi connectivity index (χ0v) is 18.6. The first-order valence-electron chi connectivity index (χ1n) is 10.9. The molecule has 0 saturated heterocycles. The summed E-state index contributed by atoms with van der Waals surface area (Å²) < 4.78 is 5.08. The van der Waals surface area contributed by atoms with E-state index in [4.69, 9.17) is 14.7 Å². The summed E-state index contributed by atoms with van der Waals surface area (Å²) in [6, 6.07) is 7.46. The van der Waals surface area contributed by atoms with E-state index in [2.05, 4.69) is 20.3 Å². The molecule has 33 heavy (non-hydrogen) atoms. The number of likely N-dealkylation sites (N-methyl/N-ethyl adjacent to an activating group) is 1. The normalized spacial score (nSPS) is 13.5. The molecule has 1 unspecified atom stereocenters. The van der Waals surface area contributed by atoms with Gasteiger partial charge in [0.1, 0.15) is 17.7 Å². The minimum atomic E-state index is -0.814. The monoisotopic (exact) mass is 443 g/mol. The average molecular weight is 444 g/mol. The number of nitrogens with zero attached hydrogens (tertiary/aromatic N) is 6. The first kappa shape index (κ1) is 21.0. The fourth-order valence-electron chi connectivity index (χ4n) is 4.11. The Bertz CT molecular complexity index is 1280. The van der Waals surface area contributed by atoms with Crippen LogP contribution in [0.4, 0.5) is 11.5 Å². The molecule has 0 amide bonds. The first-order valence-corrected chi connectivity index (χ1v) is 10.9. The molecule has 0 fully saturated rings. The molecule has 0 spiro atoms. The Hall–Kier alpha value is -3.85. The average Bonchev–Trinajstić information content (AvgIpc) is 3.32. The van der Waals surface area contributed by atoms with Gasteiger partial charge in [-0.05, 0) is 37.5 Å². The molecular formula is C24H25N7O2. The van der Waals surface area contributed by atoms with Gasteiger partial charge in [-0.2, -0.15) is 0 Å². The molecule has 0 bridgehead atoms. The maximum absolute atomic E-state index is 10.6. The van der Waals surface area contributed by atoms with Crippen molar-refractivity contribution in [3.8, 4) is 17.4 Å². The molecule has 9 nitrogen and oxygen atoms in total. The summed E-state index contributed by atoms with van der Waals surface area (Å²) in [5, 5.41) is 15.7. The lowest BCUT2D eigenvalue weighted by Gasteiger charge is -2.25. The molecule has 0 saturated carbocycles. The van der Waals surface area contributed by atoms with Crippen LogP contribution in [0.15, 0.2) is 49.1 Å². The van der Waals surface area contributed by atoms with Crippen molar-refractivity contribution in [3.05, 3.63) is 60.3 Å². The molecule has 0 aliphatic heterocycles. The van der Waals surface area contributed by atoms with Gasteiger partial charge in [0.2, 0.25) is 5.88 Å². The predicted octanol–water partition coefficient (Wildman–Crippen LogP) is 2.85. The van der Waals surface area contributed by atoms with Crippen molar-refractivity contribution < 1.29 is 9.84 Å². The zero-order chi connectivity index (χ0) is 22.8. The molecule has 0 radical (unpaired) electrons. The Morgan fingerprint density at radius 3 is 2.82 bits per heavy atom. The number of rotatable bonds is 7. The van der Waals surface area contributed by atoms with Gasteiger partial charge in [-0.15, -0.1) is 0 Å². The summed E-state index contributed by atoms with van der Waals surface area (Å²) in [4.78, 5) is 24.6. The van der Waals surface area contributed by atoms with Crippen molar-refractivity contribution >= 4 is 22.3 Å². The second-order valence-electron chi connectivity index (χ2n) is 8.07. The van der Waals surface area contributed by atoms with Crippen LogP contribution in [0.3, 0.4) is 0 Å². The highest BCUT2D eigenvalue weighted by molar-refractivity contribution is 5.83. The lowest BCUT2D eigenvalue weighted by Crippen LogP contribution is -2.35. The number of aliphatic hydroxyl groups is 1. The Kier molecular flexibility index (Phi) is 5.70. The zero-order valence-electron chi connectivity index (χ0n) is 18.6. The van der Waals surface area contributed by atoms with Gasteiger partial charge < -0.3 is 20.1 Å². The molecule has 168 valence electrons. The van der Waals surface area contributed by atoms with E-state index >= 15 is 0 Å². The molecule has 1 aliphatic rings. The number of pyridine rings is 3. The highest BCUT2D eigenvalue weighted by Crippen LogP contribution is 2.31. The van der Waals surface area contributed by atoms with Crippen LogP contribution in [0.1, 0.15) is 17.7 Å². The smallest absolute Gasteiger partial charge is 0.213 e. The van der Waals surface area contributed by atoms with Gasteiger partial charge in [0.15, 0.2) is 5.82 Å². The summed E-state index contributed by atoms with van der Waals surface area (Å²) in [6.45, 7) is 0.337. The summed E-state index contributed by atoms with van der Waals surface area (Å²) in [5.41, 5.74) is 3.61. The van der Waals surface area contributed by atoms with Crippen LogP contribution in [-0.4, -0.2) is 57.0 Å². The second kappa shape index (κ2) is 8.95. The van der Waals surface area contributed by atoms with E-state index in [-0.39, 0.29) is 0 Å². The van der Waals surface area contributed by atoms with Crippen LogP contribution < -0.4 is 15.0 Å². The Balaban J connectivity index is 1.40. The third-order valence-corrected chi connectivity index (χ3v) is 5.75. The Morgan fingerprint density at radius 2 is 2.00 bits per heavy atom. The number of methoxy groups -OCH3 is 1. The summed E-state index contributed by atoms with van der Waals surface area (Å²) in [5.74, 6) is 1.94. The van der Waals surface area contributed by atoms with Crippen molar-refractivity contribution in [1.82, 2.24) is 24.9 Å². The van der Waals surface area contributed by atoms with Crippen LogP contribution in [0.25, 0.3) is 22.3 Å². The molecule has 1 atom stereocenters. The standard InChI is InChI=1S/C24H25N7O2/c1-31(14-21(32)28-17-6-7-22(33-2)27-13-17)24-18-4-3-5-19(18)29-23(30-24)20-10-16-11-25-9-8-15(16)12-26-20/h6-13,21,28,32H,3-5,14H2,1-2H3. The summed E-state index contributed by atoms with van der Waals surface area (Å²) >= 11 is 0. The van der Waals surface area contributed by atoms with Crippen molar-refractivity contribution in [2.45, 2.75) is 25.5 Å². The molecule has 4 aromatic heterocycles. The summed E-state index contributed by atoms with van der Waals surface area (Å²) in [6.07, 6.45) is 9.09. The van der Waals surface area contributed by atoms with Gasteiger partial charge >= 0.3 is 0 Å². The lowest BCUT2D eigenvalue weighted by atomic mass is 10.2. The molecule has 4 heterocycles. The maximum atomic E-state index is 10.6. The van der Waals surface area contributed by atoms with E-state index in [0.717, 1.165) is 47.1 Å². The number of fused-ring (bicyclic) bond motifs is 2. The molecular weight excluding hydrogens is 418 g/mol. The Morgan fingerprint density at radius 1 is 1.09 bits per heavy atom. The fourth-order valence-corrected chi connectivity index (χ4v) is 4.11. The van der Waals surface area contributed by atoms with Gasteiger partial charge in [-0.25, -0.2) is 15.0 Å². The maximum Gasteiger partial charge on any atom is 0.213 e. The van der Waals surface area contributed by atoms with Crippen LogP contribution in [0, 0.1) is 0 Å². The predicted molar refractivity (Wildman–Crippen MR) is 126 cm³/mol. The Labute approximate surface area is 191 Å². The first-order chi connectivity index (χ1) is 16.1. The highest BCUT2D eigenvalue weighted by Gasteiger charge is 2.23. The number of aliphatic hydroxyl groups excluding tert-OH is 1. The number of nitrogens with one attached hydrogen (secondary N) is 1. The SMILES string of the molecule is COc1ccc(NC(O)CN(C)c2nc(-c3cc4cnccc4cn3)nc3c2CCC3)cn1. The van der Waals surface area contributed by atoms with E-state index in [9.17, 15) is 5.11 Å². The van der Waals surface area contributed by atoms with E-state index in [1.165, 1.54) is 0 Å². The van der Waals surface area contributed by atoms with Gasteiger partial charge in [0, 0.05) is 53.7 Å². The van der Waals surface area contributed by atoms with Crippen molar-refractivity contribution in [2.75, 3.05) is 30.9 Å². The number of anilines is 2. The number of hydrogen-bond donors (Lipinski definition) is 2. The van der Waals surface area contributed by atoms with Gasteiger partial charge in [-0.3, -0.25) is 9.97 Å². The molecule has 5 rings (SSSR count). The fraction of sp³-hybridized carbons (Fsp3) is 0.292. The van der Waals surface area contributed by atoms with Gasteiger partial charge in [0.25, 0.3) is 0 Å². The molecule has 1 aliphatic carbocycles. The number of aromatic nitrogens is 5. The van der Waals surface area contributed by atoms with Crippen molar-refractivity contribution in [2.24, 2.45) is 0 Å². The van der Waals surface area contributed by atoms with Crippen LogP contribution in [-0.2, 0) is 12.8 Å². The van der Waals surface area contributed by atoms with Crippen LogP contribution >= 0.6 is 0 Å². The molecule has 9 heteroatoms. The van der Waals surface area contributed by atoms with Crippen molar-refractivity contribution in [1.29, 1.82) is 0 Å². The third kappa shape index (κ3) is 4.40. The van der Waals surface area contributed by atoms with Crippen molar-refractivity contribution in [3.63, 3.8) is 0 Å². The number of hydrogen-bond acceptors (Lipinski definition) is 9. The van der Waals surface area contributed by atoms with E-state index < -0.39 is 6.23 Å². The van der Waals surface area contributed by atoms with E-state index in [0.29, 0.717) is 29.6 Å². The number of ether oxygens (including phenoxy) is 1. The quantitative estimate of drug-likeness (QED) is 0.417. The van der Waals surface area contributed by atoms with Gasteiger partial charge in [-0.1, -0.05) is 0 Å². The largest absolute Gasteiger partial charge is 0.481 e. The number of aryl methyl sites for hydroxylation is 1. The topological polar surface area (TPSA) is 109 Å². The lowest BCUT2D eigenvalue weighted by molar-refractivity contribution is 0.210. The molecule has 4 aromatic rings.